The molecule has 0 aliphatic heterocycles. The number of hydrogen-bond acceptors (Lipinski definition) is 1. The molecule has 0 bridgehead atoms. The molecule has 1 aromatic rings. The number of hydrogen-bond donors (Lipinski definition) is 1. The van der Waals surface area contributed by atoms with Crippen LogP contribution in [0.25, 0.3) is 0 Å². The molecule has 1 N–H and O–H groups in total. The number of amides is 1. The number of carbonyl (C=O) groups excluding carboxylic acids is 1. The fourth-order valence-electron chi connectivity index (χ4n) is 1.98. The summed E-state index contributed by atoms with van der Waals surface area (Å²) < 4.78 is 14.1. The van der Waals surface area contributed by atoms with Gasteiger partial charge < -0.3 is 5.32 Å². The van der Waals surface area contributed by atoms with E-state index in [2.05, 4.69) is 21.2 Å². The maximum absolute atomic E-state index is 13.6. The van der Waals surface area contributed by atoms with Crippen molar-refractivity contribution in [2.45, 2.75) is 32.2 Å². The van der Waals surface area contributed by atoms with Crippen molar-refractivity contribution >= 4 is 21.8 Å². The summed E-state index contributed by atoms with van der Waals surface area (Å²) >= 11 is 3.21. The molecule has 0 unspecified atom stereocenters. The normalized spacial score (nSPS) is 15.8. The van der Waals surface area contributed by atoms with Crippen LogP contribution in [-0.2, 0) is 0 Å². The Hall–Kier alpha value is -0.900. The van der Waals surface area contributed by atoms with Crippen LogP contribution < -0.4 is 5.32 Å². The highest BCUT2D eigenvalue weighted by Gasteiger charge is 2.39. The highest BCUT2D eigenvalue weighted by Crippen LogP contribution is 2.39. The van der Waals surface area contributed by atoms with Gasteiger partial charge >= 0.3 is 0 Å². The quantitative estimate of drug-likeness (QED) is 0.909. The molecular formula is C13H15BrFNO. The van der Waals surface area contributed by atoms with Crippen LogP contribution in [0.15, 0.2) is 22.7 Å². The highest BCUT2D eigenvalue weighted by molar-refractivity contribution is 9.10. The van der Waals surface area contributed by atoms with E-state index in [1.165, 1.54) is 6.07 Å². The van der Waals surface area contributed by atoms with Gasteiger partial charge in [-0.1, -0.05) is 6.07 Å². The topological polar surface area (TPSA) is 29.1 Å². The van der Waals surface area contributed by atoms with Gasteiger partial charge in [-0.05, 0) is 60.7 Å². The third-order valence-corrected chi connectivity index (χ3v) is 3.88. The summed E-state index contributed by atoms with van der Waals surface area (Å²) in [6.45, 7) is 3.97. The van der Waals surface area contributed by atoms with E-state index in [1.807, 2.05) is 13.8 Å². The zero-order valence-electron chi connectivity index (χ0n) is 9.89. The summed E-state index contributed by atoms with van der Waals surface area (Å²) in [6.07, 6.45) is 2.26. The van der Waals surface area contributed by atoms with Crippen molar-refractivity contribution in [2.75, 3.05) is 0 Å². The number of rotatable bonds is 3. The van der Waals surface area contributed by atoms with E-state index < -0.39 is 5.82 Å². The Morgan fingerprint density at radius 1 is 1.47 bits per heavy atom. The summed E-state index contributed by atoms with van der Waals surface area (Å²) in [7, 11) is 0. The first-order valence-electron chi connectivity index (χ1n) is 5.68. The molecule has 2 nitrogen and oxygen atoms in total. The molecule has 1 aliphatic carbocycles. The average Bonchev–Trinajstić information content (AvgIpc) is 2.98. The SMILES string of the molecule is CC(C)(NC(=O)c1c(F)cccc1Br)C1CC1. The minimum atomic E-state index is -0.497. The van der Waals surface area contributed by atoms with E-state index in [0.717, 1.165) is 12.8 Å². The van der Waals surface area contributed by atoms with Gasteiger partial charge in [0.2, 0.25) is 0 Å². The third-order valence-electron chi connectivity index (χ3n) is 3.22. The molecule has 1 fully saturated rings. The first kappa shape index (κ1) is 12.6. The molecule has 2 rings (SSSR count). The minimum Gasteiger partial charge on any atom is -0.347 e. The zero-order valence-corrected chi connectivity index (χ0v) is 11.5. The lowest BCUT2D eigenvalue weighted by Crippen LogP contribution is -2.45. The van der Waals surface area contributed by atoms with Crippen molar-refractivity contribution in [3.8, 4) is 0 Å². The lowest BCUT2D eigenvalue weighted by atomic mass is 9.98. The Labute approximate surface area is 109 Å². The van der Waals surface area contributed by atoms with Crippen LogP contribution in [0, 0.1) is 11.7 Å². The molecule has 17 heavy (non-hydrogen) atoms. The number of carbonyl (C=O) groups is 1. The van der Waals surface area contributed by atoms with Crippen LogP contribution in [0.2, 0.25) is 0 Å². The van der Waals surface area contributed by atoms with Gasteiger partial charge in [0, 0.05) is 10.0 Å². The van der Waals surface area contributed by atoms with Crippen LogP contribution in [-0.4, -0.2) is 11.4 Å². The monoisotopic (exact) mass is 299 g/mol. The molecule has 1 aromatic carbocycles. The first-order valence-corrected chi connectivity index (χ1v) is 6.47. The second kappa shape index (κ2) is 4.41. The number of nitrogens with one attached hydrogen (secondary N) is 1. The Kier molecular flexibility index (Phi) is 3.25. The molecule has 1 amide bonds. The molecule has 0 aromatic heterocycles. The summed E-state index contributed by atoms with van der Waals surface area (Å²) in [4.78, 5) is 12.1. The van der Waals surface area contributed by atoms with Gasteiger partial charge in [-0.3, -0.25) is 4.79 Å². The summed E-state index contributed by atoms with van der Waals surface area (Å²) in [5.74, 6) is -0.340. The number of benzene rings is 1. The molecule has 0 atom stereocenters. The van der Waals surface area contributed by atoms with Gasteiger partial charge in [0.25, 0.3) is 5.91 Å². The third kappa shape index (κ3) is 2.68. The number of halogens is 2. The van der Waals surface area contributed by atoms with Crippen molar-refractivity contribution in [3.63, 3.8) is 0 Å². The van der Waals surface area contributed by atoms with E-state index in [4.69, 9.17) is 0 Å². The molecule has 92 valence electrons. The highest BCUT2D eigenvalue weighted by atomic mass is 79.9. The van der Waals surface area contributed by atoms with E-state index >= 15 is 0 Å². The van der Waals surface area contributed by atoms with Gasteiger partial charge in [0.15, 0.2) is 0 Å². The lowest BCUT2D eigenvalue weighted by Gasteiger charge is -2.26. The summed E-state index contributed by atoms with van der Waals surface area (Å²) in [6, 6.07) is 4.54. The van der Waals surface area contributed by atoms with Crippen molar-refractivity contribution in [1.82, 2.24) is 5.32 Å². The van der Waals surface area contributed by atoms with Crippen molar-refractivity contribution in [2.24, 2.45) is 5.92 Å². The minimum absolute atomic E-state index is 0.0845. The van der Waals surface area contributed by atoms with Gasteiger partial charge in [-0.25, -0.2) is 4.39 Å². The smallest absolute Gasteiger partial charge is 0.255 e. The van der Waals surface area contributed by atoms with Crippen molar-refractivity contribution in [1.29, 1.82) is 0 Å². The average molecular weight is 300 g/mol. The second-order valence-corrected chi connectivity index (χ2v) is 5.90. The molecule has 4 heteroatoms. The van der Waals surface area contributed by atoms with Crippen molar-refractivity contribution < 1.29 is 9.18 Å². The summed E-state index contributed by atoms with van der Waals surface area (Å²) in [5, 5.41) is 2.91. The maximum Gasteiger partial charge on any atom is 0.255 e. The fraction of sp³-hybridized carbons (Fsp3) is 0.462. The molecule has 0 saturated heterocycles. The van der Waals surface area contributed by atoms with Crippen molar-refractivity contribution in [3.05, 3.63) is 34.1 Å². The maximum atomic E-state index is 13.6. The summed E-state index contributed by atoms with van der Waals surface area (Å²) in [5.41, 5.74) is -0.181. The van der Waals surface area contributed by atoms with Gasteiger partial charge in [0.1, 0.15) is 5.82 Å². The largest absolute Gasteiger partial charge is 0.347 e. The van der Waals surface area contributed by atoms with E-state index in [0.29, 0.717) is 10.4 Å². The molecule has 0 spiro atoms. The van der Waals surface area contributed by atoms with Crippen LogP contribution >= 0.6 is 15.9 Å². The lowest BCUT2D eigenvalue weighted by molar-refractivity contribution is 0.0898. The first-order chi connectivity index (χ1) is 7.92. The van der Waals surface area contributed by atoms with Crippen LogP contribution in [0.4, 0.5) is 4.39 Å². The van der Waals surface area contributed by atoms with Gasteiger partial charge in [-0.2, -0.15) is 0 Å². The standard InChI is InChI=1S/C13H15BrFNO/c1-13(2,8-6-7-8)16-12(17)11-9(14)4-3-5-10(11)15/h3-5,8H,6-7H2,1-2H3,(H,16,17). The molecular weight excluding hydrogens is 285 g/mol. The van der Waals surface area contributed by atoms with E-state index in [9.17, 15) is 9.18 Å². The molecule has 0 heterocycles. The van der Waals surface area contributed by atoms with Crippen LogP contribution in [0.1, 0.15) is 37.0 Å². The zero-order chi connectivity index (χ0) is 12.6. The Morgan fingerprint density at radius 2 is 2.12 bits per heavy atom. The Bertz CT molecular complexity index is 434. The van der Waals surface area contributed by atoms with Crippen LogP contribution in [0.5, 0.6) is 0 Å². The molecule has 0 radical (unpaired) electrons. The van der Waals surface area contributed by atoms with Gasteiger partial charge in [0.05, 0.1) is 5.56 Å². The van der Waals surface area contributed by atoms with E-state index in [1.54, 1.807) is 12.1 Å². The fourth-order valence-corrected chi connectivity index (χ4v) is 2.50. The predicted molar refractivity (Wildman–Crippen MR) is 68.4 cm³/mol. The van der Waals surface area contributed by atoms with E-state index in [-0.39, 0.29) is 17.0 Å². The Morgan fingerprint density at radius 3 is 2.65 bits per heavy atom. The van der Waals surface area contributed by atoms with Gasteiger partial charge in [-0.15, -0.1) is 0 Å². The predicted octanol–water partition coefficient (Wildman–Crippen LogP) is 3.51. The Balaban J connectivity index is 2.20. The molecule has 1 saturated carbocycles. The molecule has 1 aliphatic rings. The van der Waals surface area contributed by atoms with Crippen LogP contribution in [0.3, 0.4) is 0 Å². The second-order valence-electron chi connectivity index (χ2n) is 5.05.